The summed E-state index contributed by atoms with van der Waals surface area (Å²) in [5.41, 5.74) is 1.25. The summed E-state index contributed by atoms with van der Waals surface area (Å²) in [5.74, 6) is 2.13. The SMILES string of the molecule is CCOc1cc(NC(CC)c2ccccc2)nc(C)n1. The molecule has 0 bridgehead atoms. The molecule has 0 radical (unpaired) electrons. The maximum atomic E-state index is 5.46. The molecule has 2 aromatic rings. The smallest absolute Gasteiger partial charge is 0.218 e. The molecule has 0 spiro atoms. The van der Waals surface area contributed by atoms with Gasteiger partial charge < -0.3 is 10.1 Å². The molecule has 1 N–H and O–H groups in total. The van der Waals surface area contributed by atoms with Gasteiger partial charge in [0, 0.05) is 6.07 Å². The number of benzene rings is 1. The van der Waals surface area contributed by atoms with Gasteiger partial charge >= 0.3 is 0 Å². The van der Waals surface area contributed by atoms with Crippen molar-refractivity contribution in [2.45, 2.75) is 33.2 Å². The molecule has 0 aliphatic heterocycles. The number of rotatable bonds is 6. The number of aryl methyl sites for hydroxylation is 1. The average molecular weight is 271 g/mol. The van der Waals surface area contributed by atoms with Crippen molar-refractivity contribution in [2.75, 3.05) is 11.9 Å². The highest BCUT2D eigenvalue weighted by Crippen LogP contribution is 2.23. The van der Waals surface area contributed by atoms with E-state index in [-0.39, 0.29) is 6.04 Å². The van der Waals surface area contributed by atoms with Crippen LogP contribution in [0.2, 0.25) is 0 Å². The van der Waals surface area contributed by atoms with E-state index in [9.17, 15) is 0 Å². The number of hydrogen-bond donors (Lipinski definition) is 1. The molecule has 2 rings (SSSR count). The maximum absolute atomic E-state index is 5.46. The van der Waals surface area contributed by atoms with Crippen LogP contribution >= 0.6 is 0 Å². The second-order valence-electron chi connectivity index (χ2n) is 4.59. The molecule has 20 heavy (non-hydrogen) atoms. The summed E-state index contributed by atoms with van der Waals surface area (Å²) < 4.78 is 5.46. The van der Waals surface area contributed by atoms with Gasteiger partial charge in [-0.2, -0.15) is 4.98 Å². The minimum atomic E-state index is 0.236. The van der Waals surface area contributed by atoms with Gasteiger partial charge in [0.15, 0.2) is 0 Å². The minimum Gasteiger partial charge on any atom is -0.478 e. The number of nitrogens with zero attached hydrogens (tertiary/aromatic N) is 2. The molecule has 4 nitrogen and oxygen atoms in total. The zero-order valence-electron chi connectivity index (χ0n) is 12.3. The van der Waals surface area contributed by atoms with Crippen molar-refractivity contribution >= 4 is 5.82 Å². The first-order valence-corrected chi connectivity index (χ1v) is 7.03. The van der Waals surface area contributed by atoms with Crippen molar-refractivity contribution in [1.82, 2.24) is 9.97 Å². The highest BCUT2D eigenvalue weighted by Gasteiger charge is 2.11. The first-order chi connectivity index (χ1) is 9.72. The molecule has 106 valence electrons. The molecule has 1 aromatic carbocycles. The topological polar surface area (TPSA) is 47.0 Å². The summed E-state index contributed by atoms with van der Waals surface area (Å²) in [6, 6.07) is 12.5. The molecule has 1 heterocycles. The molecule has 0 aliphatic rings. The lowest BCUT2D eigenvalue weighted by molar-refractivity contribution is 0.325. The molecular weight excluding hydrogens is 250 g/mol. The van der Waals surface area contributed by atoms with Gasteiger partial charge in [-0.15, -0.1) is 0 Å². The molecule has 0 amide bonds. The standard InChI is InChI=1S/C16H21N3O/c1-4-14(13-9-7-6-8-10-13)19-15-11-16(20-5-2)18-12(3)17-15/h6-11,14H,4-5H2,1-3H3,(H,17,18,19). The van der Waals surface area contributed by atoms with Crippen LogP contribution in [0.3, 0.4) is 0 Å². The average Bonchev–Trinajstić information content (AvgIpc) is 2.45. The van der Waals surface area contributed by atoms with Gasteiger partial charge in [-0.3, -0.25) is 0 Å². The zero-order chi connectivity index (χ0) is 14.4. The number of hydrogen-bond acceptors (Lipinski definition) is 4. The van der Waals surface area contributed by atoms with Crippen LogP contribution in [-0.4, -0.2) is 16.6 Å². The fourth-order valence-corrected chi connectivity index (χ4v) is 2.12. The molecular formula is C16H21N3O. The van der Waals surface area contributed by atoms with Gasteiger partial charge in [-0.25, -0.2) is 4.98 Å². The zero-order valence-corrected chi connectivity index (χ0v) is 12.3. The van der Waals surface area contributed by atoms with Crippen LogP contribution in [0.15, 0.2) is 36.4 Å². The second-order valence-corrected chi connectivity index (χ2v) is 4.59. The van der Waals surface area contributed by atoms with Crippen LogP contribution in [0.5, 0.6) is 5.88 Å². The number of nitrogens with one attached hydrogen (secondary N) is 1. The first kappa shape index (κ1) is 14.3. The minimum absolute atomic E-state index is 0.236. The van der Waals surface area contributed by atoms with Crippen LogP contribution in [0.25, 0.3) is 0 Å². The summed E-state index contributed by atoms with van der Waals surface area (Å²) in [6.45, 7) is 6.58. The summed E-state index contributed by atoms with van der Waals surface area (Å²) >= 11 is 0. The summed E-state index contributed by atoms with van der Waals surface area (Å²) in [5, 5.41) is 3.45. The number of anilines is 1. The van der Waals surface area contributed by atoms with E-state index in [1.165, 1.54) is 5.56 Å². The van der Waals surface area contributed by atoms with Gasteiger partial charge in [-0.1, -0.05) is 37.3 Å². The second kappa shape index (κ2) is 6.89. The molecule has 1 atom stereocenters. The van der Waals surface area contributed by atoms with E-state index in [4.69, 9.17) is 4.74 Å². The fourth-order valence-electron chi connectivity index (χ4n) is 2.12. The van der Waals surface area contributed by atoms with Crippen LogP contribution in [0.1, 0.15) is 37.7 Å². The van der Waals surface area contributed by atoms with Crippen LogP contribution < -0.4 is 10.1 Å². The van der Waals surface area contributed by atoms with Crippen molar-refractivity contribution in [3.63, 3.8) is 0 Å². The van der Waals surface area contributed by atoms with Crippen LogP contribution in [-0.2, 0) is 0 Å². The predicted octanol–water partition coefficient (Wildman–Crippen LogP) is 3.75. The lowest BCUT2D eigenvalue weighted by Gasteiger charge is -2.18. The largest absolute Gasteiger partial charge is 0.478 e. The van der Waals surface area contributed by atoms with Crippen LogP contribution in [0.4, 0.5) is 5.82 Å². The third-order valence-electron chi connectivity index (χ3n) is 3.04. The Kier molecular flexibility index (Phi) is 4.93. The monoisotopic (exact) mass is 271 g/mol. The van der Waals surface area contributed by atoms with E-state index in [0.717, 1.165) is 12.2 Å². The van der Waals surface area contributed by atoms with E-state index in [1.54, 1.807) is 0 Å². The quantitative estimate of drug-likeness (QED) is 0.869. The Bertz CT molecular complexity index is 543. The van der Waals surface area contributed by atoms with E-state index < -0.39 is 0 Å². The molecule has 1 unspecified atom stereocenters. The molecule has 0 fully saturated rings. The maximum Gasteiger partial charge on any atom is 0.218 e. The normalized spacial score (nSPS) is 11.9. The van der Waals surface area contributed by atoms with Gasteiger partial charge in [0.1, 0.15) is 11.6 Å². The lowest BCUT2D eigenvalue weighted by Crippen LogP contribution is -2.12. The third-order valence-corrected chi connectivity index (χ3v) is 3.04. The van der Waals surface area contributed by atoms with Gasteiger partial charge in [0.25, 0.3) is 0 Å². The Hall–Kier alpha value is -2.10. The Morgan fingerprint density at radius 3 is 2.55 bits per heavy atom. The Morgan fingerprint density at radius 1 is 1.15 bits per heavy atom. The van der Waals surface area contributed by atoms with Gasteiger partial charge in [-0.05, 0) is 25.8 Å². The van der Waals surface area contributed by atoms with E-state index in [1.807, 2.05) is 26.0 Å². The molecule has 0 saturated carbocycles. The number of aromatic nitrogens is 2. The number of ether oxygens (including phenoxy) is 1. The van der Waals surface area contributed by atoms with E-state index in [0.29, 0.717) is 18.3 Å². The highest BCUT2D eigenvalue weighted by atomic mass is 16.5. The van der Waals surface area contributed by atoms with Gasteiger partial charge in [0.05, 0.1) is 12.6 Å². The highest BCUT2D eigenvalue weighted by molar-refractivity contribution is 5.41. The Balaban J connectivity index is 2.19. The van der Waals surface area contributed by atoms with Crippen LogP contribution in [0, 0.1) is 6.92 Å². The van der Waals surface area contributed by atoms with Crippen molar-refractivity contribution < 1.29 is 4.74 Å². The Labute approximate surface area is 120 Å². The summed E-state index contributed by atoms with van der Waals surface area (Å²) in [4.78, 5) is 8.68. The summed E-state index contributed by atoms with van der Waals surface area (Å²) in [7, 11) is 0. The van der Waals surface area contributed by atoms with Gasteiger partial charge in [0.2, 0.25) is 5.88 Å². The molecule has 4 heteroatoms. The predicted molar refractivity (Wildman–Crippen MR) is 81.0 cm³/mol. The van der Waals surface area contributed by atoms with Crippen molar-refractivity contribution in [3.05, 3.63) is 47.8 Å². The summed E-state index contributed by atoms with van der Waals surface area (Å²) in [6.07, 6.45) is 0.983. The van der Waals surface area contributed by atoms with Crippen molar-refractivity contribution in [2.24, 2.45) is 0 Å². The van der Waals surface area contributed by atoms with E-state index in [2.05, 4.69) is 46.5 Å². The lowest BCUT2D eigenvalue weighted by atomic mass is 10.0. The van der Waals surface area contributed by atoms with E-state index >= 15 is 0 Å². The molecule has 0 aliphatic carbocycles. The third kappa shape index (κ3) is 3.70. The fraction of sp³-hybridized carbons (Fsp3) is 0.375. The van der Waals surface area contributed by atoms with Crippen molar-refractivity contribution in [1.29, 1.82) is 0 Å². The van der Waals surface area contributed by atoms with Crippen molar-refractivity contribution in [3.8, 4) is 5.88 Å². The molecule has 0 saturated heterocycles. The molecule has 1 aromatic heterocycles. The first-order valence-electron chi connectivity index (χ1n) is 7.03. The Morgan fingerprint density at radius 2 is 1.90 bits per heavy atom.